The zero-order valence-corrected chi connectivity index (χ0v) is 25.6. The lowest BCUT2D eigenvalue weighted by Crippen LogP contribution is -2.11. The Balaban J connectivity index is 1.34. The van der Waals surface area contributed by atoms with Crippen LogP contribution in [0.1, 0.15) is 0 Å². The molecule has 0 aliphatic heterocycles. The van der Waals surface area contributed by atoms with Crippen molar-refractivity contribution >= 4 is 81.8 Å². The number of benzene rings is 9. The number of rotatable bonds is 4. The van der Waals surface area contributed by atoms with Crippen LogP contribution in [0.5, 0.6) is 0 Å². The van der Waals surface area contributed by atoms with E-state index in [1.165, 1.54) is 76.1 Å². The van der Waals surface area contributed by atoms with E-state index >= 15 is 0 Å². The average molecular weight is 597 g/mol. The van der Waals surface area contributed by atoms with Gasteiger partial charge in [-0.1, -0.05) is 127 Å². The first-order valence-corrected chi connectivity index (χ1v) is 16.1. The van der Waals surface area contributed by atoms with Gasteiger partial charge in [0.2, 0.25) is 0 Å². The van der Waals surface area contributed by atoms with Crippen molar-refractivity contribution in [3.05, 3.63) is 170 Å². The maximum absolute atomic E-state index is 4.82. The second-order valence-electron chi connectivity index (χ2n) is 12.3. The van der Waals surface area contributed by atoms with E-state index in [0.29, 0.717) is 0 Å². The fraction of sp³-hybridized carbons (Fsp3) is 0. The van der Waals surface area contributed by atoms with Crippen molar-refractivity contribution in [2.75, 3.05) is 4.90 Å². The van der Waals surface area contributed by atoms with E-state index in [0.717, 1.165) is 16.9 Å². The number of anilines is 3. The summed E-state index contributed by atoms with van der Waals surface area (Å²) in [4.78, 5) is 7.23. The van der Waals surface area contributed by atoms with E-state index in [-0.39, 0.29) is 0 Å². The van der Waals surface area contributed by atoms with Crippen LogP contribution in [-0.4, -0.2) is 4.98 Å². The maximum atomic E-state index is 4.82. The van der Waals surface area contributed by atoms with E-state index in [1.807, 2.05) is 12.3 Å². The third kappa shape index (κ3) is 3.82. The molecule has 0 fully saturated rings. The number of fused-ring (bicyclic) bond motifs is 4. The summed E-state index contributed by atoms with van der Waals surface area (Å²) >= 11 is 0. The number of hydrogen-bond acceptors (Lipinski definition) is 2. The van der Waals surface area contributed by atoms with Crippen LogP contribution < -0.4 is 4.90 Å². The molecule has 2 heteroatoms. The molecule has 0 spiro atoms. The lowest BCUT2D eigenvalue weighted by atomic mass is 9.85. The van der Waals surface area contributed by atoms with Gasteiger partial charge in [-0.2, -0.15) is 0 Å². The third-order valence-corrected chi connectivity index (χ3v) is 9.77. The molecular formula is C45H28N2. The largest absolute Gasteiger partial charge is 0.309 e. The Kier molecular flexibility index (Phi) is 5.61. The average Bonchev–Trinajstić information content (AvgIpc) is 3.14. The highest BCUT2D eigenvalue weighted by Crippen LogP contribution is 2.50. The van der Waals surface area contributed by atoms with Gasteiger partial charge in [0.05, 0.1) is 11.2 Å². The van der Waals surface area contributed by atoms with Gasteiger partial charge in [0.15, 0.2) is 0 Å². The summed E-state index contributed by atoms with van der Waals surface area (Å²) in [7, 11) is 0. The first kappa shape index (κ1) is 26.0. The van der Waals surface area contributed by atoms with Crippen molar-refractivity contribution in [2.24, 2.45) is 0 Å². The lowest BCUT2D eigenvalue weighted by molar-refractivity contribution is 1.31. The Morgan fingerprint density at radius 2 is 0.936 bits per heavy atom. The lowest BCUT2D eigenvalue weighted by Gasteiger charge is -2.29. The van der Waals surface area contributed by atoms with Gasteiger partial charge in [0.25, 0.3) is 0 Å². The molecule has 1 heterocycles. The van der Waals surface area contributed by atoms with Gasteiger partial charge in [-0.25, -0.2) is 0 Å². The fourth-order valence-electron chi connectivity index (χ4n) is 7.84. The first-order chi connectivity index (χ1) is 23.3. The molecule has 10 rings (SSSR count). The van der Waals surface area contributed by atoms with Crippen molar-refractivity contribution in [1.82, 2.24) is 4.98 Å². The molecule has 0 bridgehead atoms. The highest BCUT2D eigenvalue weighted by molar-refractivity contribution is 6.32. The number of nitrogens with zero attached hydrogens (tertiary/aromatic N) is 2. The van der Waals surface area contributed by atoms with Crippen molar-refractivity contribution in [3.63, 3.8) is 0 Å². The molecule has 0 saturated heterocycles. The Morgan fingerprint density at radius 1 is 0.383 bits per heavy atom. The minimum Gasteiger partial charge on any atom is -0.309 e. The molecule has 10 aromatic rings. The Bertz CT molecular complexity index is 2690. The van der Waals surface area contributed by atoms with Gasteiger partial charge in [-0.3, -0.25) is 4.98 Å². The van der Waals surface area contributed by atoms with Crippen LogP contribution in [0.4, 0.5) is 17.1 Å². The van der Waals surface area contributed by atoms with Gasteiger partial charge in [0.1, 0.15) is 0 Å². The summed E-state index contributed by atoms with van der Waals surface area (Å²) in [6.07, 6.45) is 1.90. The summed E-state index contributed by atoms with van der Waals surface area (Å²) < 4.78 is 0. The molecular weight excluding hydrogens is 569 g/mol. The van der Waals surface area contributed by atoms with Crippen LogP contribution in [-0.2, 0) is 0 Å². The van der Waals surface area contributed by atoms with Gasteiger partial charge in [-0.05, 0) is 85.2 Å². The molecule has 0 aliphatic carbocycles. The number of hydrogen-bond donors (Lipinski definition) is 0. The smallest absolute Gasteiger partial charge is 0.0780 e. The molecule has 0 saturated carbocycles. The maximum Gasteiger partial charge on any atom is 0.0780 e. The molecule has 0 unspecified atom stereocenters. The van der Waals surface area contributed by atoms with E-state index < -0.39 is 0 Å². The standard InChI is InChI=1S/C45H28N2/c1-3-13-32(14-4-1)47(33-15-5-2-6-16-33)45-38-19-9-7-17-34(38)43(35-18-8-10-20-39(35)45)37-24-23-29-21-22-30-28-31-12-11-27-46-44(31)40-26-25-36(37)41(29)42(30)40/h1-28H. The van der Waals surface area contributed by atoms with E-state index in [1.54, 1.807) is 0 Å². The fourth-order valence-corrected chi connectivity index (χ4v) is 7.84. The molecule has 1 aromatic heterocycles. The molecule has 47 heavy (non-hydrogen) atoms. The summed E-state index contributed by atoms with van der Waals surface area (Å²) in [6, 6.07) is 59.5. The highest BCUT2D eigenvalue weighted by Gasteiger charge is 2.23. The number of para-hydroxylation sites is 2. The Morgan fingerprint density at radius 3 is 1.62 bits per heavy atom. The summed E-state index contributed by atoms with van der Waals surface area (Å²) in [5.74, 6) is 0. The van der Waals surface area contributed by atoms with E-state index in [2.05, 4.69) is 163 Å². The molecule has 0 aliphatic rings. The van der Waals surface area contributed by atoms with Gasteiger partial charge < -0.3 is 4.90 Å². The highest BCUT2D eigenvalue weighted by atomic mass is 15.1. The first-order valence-electron chi connectivity index (χ1n) is 16.1. The van der Waals surface area contributed by atoms with E-state index in [4.69, 9.17) is 4.98 Å². The van der Waals surface area contributed by atoms with Crippen molar-refractivity contribution in [2.45, 2.75) is 0 Å². The third-order valence-electron chi connectivity index (χ3n) is 9.77. The molecule has 0 N–H and O–H groups in total. The van der Waals surface area contributed by atoms with Crippen LogP contribution in [0.25, 0.3) is 75.9 Å². The molecule has 218 valence electrons. The summed E-state index contributed by atoms with van der Waals surface area (Å²) in [5.41, 5.74) is 7.02. The van der Waals surface area contributed by atoms with Crippen molar-refractivity contribution in [1.29, 1.82) is 0 Å². The normalized spacial score (nSPS) is 11.8. The monoisotopic (exact) mass is 596 g/mol. The number of pyridine rings is 1. The minimum absolute atomic E-state index is 1.06. The van der Waals surface area contributed by atoms with Crippen LogP contribution >= 0.6 is 0 Å². The van der Waals surface area contributed by atoms with Crippen LogP contribution in [0.15, 0.2) is 170 Å². The predicted octanol–water partition coefficient (Wildman–Crippen LogP) is 12.6. The van der Waals surface area contributed by atoms with Crippen LogP contribution in [0.3, 0.4) is 0 Å². The minimum atomic E-state index is 1.06. The zero-order valence-electron chi connectivity index (χ0n) is 25.6. The molecule has 0 atom stereocenters. The topological polar surface area (TPSA) is 16.1 Å². The zero-order chi connectivity index (χ0) is 30.9. The second-order valence-corrected chi connectivity index (χ2v) is 12.3. The number of aromatic nitrogens is 1. The van der Waals surface area contributed by atoms with Gasteiger partial charge in [-0.15, -0.1) is 0 Å². The van der Waals surface area contributed by atoms with Crippen molar-refractivity contribution < 1.29 is 0 Å². The van der Waals surface area contributed by atoms with Crippen molar-refractivity contribution in [3.8, 4) is 11.1 Å². The quantitative estimate of drug-likeness (QED) is 0.148. The van der Waals surface area contributed by atoms with Crippen LogP contribution in [0.2, 0.25) is 0 Å². The summed E-state index contributed by atoms with van der Waals surface area (Å²) in [6.45, 7) is 0. The Hall–Kier alpha value is -6.25. The molecule has 0 amide bonds. The molecule has 2 nitrogen and oxygen atoms in total. The summed E-state index contributed by atoms with van der Waals surface area (Å²) in [5, 5.41) is 13.7. The van der Waals surface area contributed by atoms with E-state index in [9.17, 15) is 0 Å². The Labute approximate surface area is 272 Å². The molecule has 0 radical (unpaired) electrons. The van der Waals surface area contributed by atoms with Gasteiger partial charge in [0, 0.05) is 39.1 Å². The SMILES string of the molecule is c1ccc(N(c2ccccc2)c2c3ccccc3c(-c3ccc4ccc5cc6cccnc6c6ccc3c4c56)c3ccccc23)cc1. The molecule has 9 aromatic carbocycles. The van der Waals surface area contributed by atoms with Crippen LogP contribution in [0, 0.1) is 0 Å². The predicted molar refractivity (Wildman–Crippen MR) is 201 cm³/mol. The second kappa shape index (κ2) is 10.1. The van der Waals surface area contributed by atoms with Gasteiger partial charge >= 0.3 is 0 Å².